The van der Waals surface area contributed by atoms with Crippen LogP contribution in [0.3, 0.4) is 0 Å². The number of unbranched alkanes of at least 4 members (excludes halogenated alkanes) is 29. The lowest BCUT2D eigenvalue weighted by Crippen LogP contribution is -2.30. The number of hydrogen-bond donors (Lipinski definition) is 0. The molecule has 0 aromatic carbocycles. The van der Waals surface area contributed by atoms with E-state index in [0.717, 1.165) is 116 Å². The van der Waals surface area contributed by atoms with Crippen LogP contribution in [0.2, 0.25) is 0 Å². The number of rotatable bonds is 50. The molecule has 6 nitrogen and oxygen atoms in total. The van der Waals surface area contributed by atoms with E-state index in [-0.39, 0.29) is 31.1 Å². The van der Waals surface area contributed by atoms with Crippen LogP contribution in [-0.4, -0.2) is 37.2 Å². The average molecular weight is 909 g/mol. The molecule has 376 valence electrons. The van der Waals surface area contributed by atoms with Crippen molar-refractivity contribution in [2.75, 3.05) is 13.2 Å². The van der Waals surface area contributed by atoms with Gasteiger partial charge in [-0.3, -0.25) is 14.4 Å². The van der Waals surface area contributed by atoms with Crippen LogP contribution in [0.25, 0.3) is 0 Å². The van der Waals surface area contributed by atoms with Gasteiger partial charge in [-0.1, -0.05) is 216 Å². The van der Waals surface area contributed by atoms with Gasteiger partial charge in [-0.05, 0) is 103 Å². The molecule has 0 aliphatic rings. The highest BCUT2D eigenvalue weighted by molar-refractivity contribution is 5.71. The second-order valence-electron chi connectivity index (χ2n) is 18.5. The minimum absolute atomic E-state index is 0.0862. The Balaban J connectivity index is 4.40. The van der Waals surface area contributed by atoms with E-state index in [1.165, 1.54) is 122 Å². The predicted octanol–water partition coefficient (Wildman–Crippen LogP) is 18.4. The van der Waals surface area contributed by atoms with Gasteiger partial charge in [0.1, 0.15) is 13.2 Å². The number of carbonyl (C=O) groups is 3. The minimum atomic E-state index is -0.788. The third-order valence-electron chi connectivity index (χ3n) is 11.9. The van der Waals surface area contributed by atoms with Crippen LogP contribution >= 0.6 is 0 Å². The van der Waals surface area contributed by atoms with Crippen molar-refractivity contribution in [3.05, 3.63) is 60.8 Å². The summed E-state index contributed by atoms with van der Waals surface area (Å²) in [4.78, 5) is 38.1. The Bertz CT molecular complexity index is 1180. The number of hydrogen-bond acceptors (Lipinski definition) is 6. The van der Waals surface area contributed by atoms with Crippen molar-refractivity contribution in [1.82, 2.24) is 0 Å². The first kappa shape index (κ1) is 62.1. The summed E-state index contributed by atoms with van der Waals surface area (Å²) in [5, 5.41) is 0. The highest BCUT2D eigenvalue weighted by Crippen LogP contribution is 2.15. The molecule has 0 bridgehead atoms. The van der Waals surface area contributed by atoms with Crippen molar-refractivity contribution in [3.8, 4) is 0 Å². The van der Waals surface area contributed by atoms with Crippen molar-refractivity contribution in [1.29, 1.82) is 0 Å². The second-order valence-corrected chi connectivity index (χ2v) is 18.5. The van der Waals surface area contributed by atoms with E-state index in [1.807, 2.05) is 0 Å². The van der Waals surface area contributed by atoms with E-state index < -0.39 is 6.10 Å². The van der Waals surface area contributed by atoms with E-state index in [9.17, 15) is 14.4 Å². The minimum Gasteiger partial charge on any atom is -0.462 e. The molecule has 6 heteroatoms. The summed E-state index contributed by atoms with van der Waals surface area (Å²) >= 11 is 0. The molecule has 0 aliphatic heterocycles. The Morgan fingerprint density at radius 2 is 0.585 bits per heavy atom. The molecule has 0 spiro atoms. The molecule has 1 atom stereocenters. The van der Waals surface area contributed by atoms with Crippen LogP contribution in [0.1, 0.15) is 278 Å². The van der Waals surface area contributed by atoms with Crippen LogP contribution in [0.15, 0.2) is 60.8 Å². The van der Waals surface area contributed by atoms with Gasteiger partial charge < -0.3 is 14.2 Å². The van der Waals surface area contributed by atoms with Crippen LogP contribution in [0.4, 0.5) is 0 Å². The van der Waals surface area contributed by atoms with Gasteiger partial charge in [0.05, 0.1) is 0 Å². The summed E-state index contributed by atoms with van der Waals surface area (Å²) in [6, 6.07) is 0. The van der Waals surface area contributed by atoms with Crippen LogP contribution in [0, 0.1) is 0 Å². The largest absolute Gasteiger partial charge is 0.462 e. The summed E-state index contributed by atoms with van der Waals surface area (Å²) < 4.78 is 16.8. The van der Waals surface area contributed by atoms with Gasteiger partial charge >= 0.3 is 17.9 Å². The number of esters is 3. The summed E-state index contributed by atoms with van der Waals surface area (Å²) in [7, 11) is 0. The monoisotopic (exact) mass is 909 g/mol. The highest BCUT2D eigenvalue weighted by atomic mass is 16.6. The molecule has 0 heterocycles. The van der Waals surface area contributed by atoms with Crippen LogP contribution in [-0.2, 0) is 28.6 Å². The maximum absolute atomic E-state index is 12.8. The summed E-state index contributed by atoms with van der Waals surface area (Å²) in [5.74, 6) is -0.911. The molecule has 0 saturated carbocycles. The predicted molar refractivity (Wildman–Crippen MR) is 279 cm³/mol. The summed E-state index contributed by atoms with van der Waals surface area (Å²) in [6.07, 6.45) is 66.3. The molecule has 1 unspecified atom stereocenters. The Morgan fingerprint density at radius 3 is 0.938 bits per heavy atom. The van der Waals surface area contributed by atoms with Gasteiger partial charge in [-0.25, -0.2) is 0 Å². The first-order valence-electron chi connectivity index (χ1n) is 27.8. The van der Waals surface area contributed by atoms with E-state index in [4.69, 9.17) is 14.2 Å². The van der Waals surface area contributed by atoms with Crippen molar-refractivity contribution >= 4 is 17.9 Å². The van der Waals surface area contributed by atoms with Gasteiger partial charge in [-0.2, -0.15) is 0 Å². The first-order chi connectivity index (χ1) is 32.0. The molecule has 0 N–H and O–H groups in total. The number of ether oxygens (including phenoxy) is 3. The van der Waals surface area contributed by atoms with Gasteiger partial charge in [0.15, 0.2) is 6.10 Å². The zero-order chi connectivity index (χ0) is 47.2. The van der Waals surface area contributed by atoms with Gasteiger partial charge in [-0.15, -0.1) is 0 Å². The standard InChI is InChI=1S/C59H104O6/c1-4-7-10-13-16-19-22-25-27-29-30-32-34-37-40-43-46-49-52-58(61)64-55-56(54-63-57(60)51-48-45-42-39-36-33-24-21-18-15-12-9-6-3)65-59(62)53-50-47-44-41-38-35-31-28-26-23-20-17-14-11-8-5-2/h12,15,20-21,23-24,27-29,31,56H,4-11,13-14,16-19,22,25-26,30,32-55H2,1-3H3/b15-12-,23-20-,24-21-,29-27-,31-28-. The molecule has 0 radical (unpaired) electrons. The zero-order valence-corrected chi connectivity index (χ0v) is 43.0. The molecule has 0 amide bonds. The molecular formula is C59H104O6. The Morgan fingerprint density at radius 1 is 0.308 bits per heavy atom. The summed E-state index contributed by atoms with van der Waals surface area (Å²) in [6.45, 7) is 6.54. The third-order valence-corrected chi connectivity index (χ3v) is 11.9. The third kappa shape index (κ3) is 51.9. The normalized spacial score (nSPS) is 12.5. The maximum Gasteiger partial charge on any atom is 0.306 e. The maximum atomic E-state index is 12.8. The quantitative estimate of drug-likeness (QED) is 0.0262. The summed E-state index contributed by atoms with van der Waals surface area (Å²) in [5.41, 5.74) is 0. The van der Waals surface area contributed by atoms with Crippen LogP contribution < -0.4 is 0 Å². The Hall–Kier alpha value is -2.89. The van der Waals surface area contributed by atoms with Gasteiger partial charge in [0.25, 0.3) is 0 Å². The molecular weight excluding hydrogens is 805 g/mol. The molecule has 0 saturated heterocycles. The SMILES string of the molecule is CCC/C=C\C/C=C\CCCCCCCC(=O)OCC(COC(=O)CCCCCCCCC/C=C\CCCCCCCCC)OC(=O)CCCCCCC/C=C\C/C=C\CCCCCC. The lowest BCUT2D eigenvalue weighted by Gasteiger charge is -2.18. The topological polar surface area (TPSA) is 78.9 Å². The fourth-order valence-electron chi connectivity index (χ4n) is 7.74. The zero-order valence-electron chi connectivity index (χ0n) is 43.0. The van der Waals surface area contributed by atoms with Crippen molar-refractivity contribution in [2.45, 2.75) is 284 Å². The van der Waals surface area contributed by atoms with E-state index in [2.05, 4.69) is 81.5 Å². The van der Waals surface area contributed by atoms with E-state index in [0.29, 0.717) is 19.3 Å². The fraction of sp³-hybridized carbons (Fsp3) is 0.780. The molecule has 65 heavy (non-hydrogen) atoms. The van der Waals surface area contributed by atoms with E-state index in [1.54, 1.807) is 0 Å². The fourth-order valence-corrected chi connectivity index (χ4v) is 7.74. The van der Waals surface area contributed by atoms with Gasteiger partial charge in [0, 0.05) is 19.3 Å². The van der Waals surface area contributed by atoms with E-state index >= 15 is 0 Å². The lowest BCUT2D eigenvalue weighted by atomic mass is 10.1. The van der Waals surface area contributed by atoms with Gasteiger partial charge in [0.2, 0.25) is 0 Å². The molecule has 0 fully saturated rings. The number of carbonyl (C=O) groups excluding carboxylic acids is 3. The Kier molecular flexibility index (Phi) is 51.3. The number of allylic oxidation sites excluding steroid dienone is 10. The highest BCUT2D eigenvalue weighted by Gasteiger charge is 2.19. The molecule has 0 rings (SSSR count). The lowest BCUT2D eigenvalue weighted by molar-refractivity contribution is -0.167. The molecule has 0 aromatic heterocycles. The first-order valence-corrected chi connectivity index (χ1v) is 27.8. The Labute approximate surface area is 402 Å². The molecule has 0 aliphatic carbocycles. The second kappa shape index (κ2) is 53.7. The van der Waals surface area contributed by atoms with Crippen LogP contribution in [0.5, 0.6) is 0 Å². The smallest absolute Gasteiger partial charge is 0.306 e. The average Bonchev–Trinajstić information content (AvgIpc) is 3.30. The van der Waals surface area contributed by atoms with Crippen molar-refractivity contribution in [2.24, 2.45) is 0 Å². The van der Waals surface area contributed by atoms with Crippen molar-refractivity contribution in [3.63, 3.8) is 0 Å². The van der Waals surface area contributed by atoms with Crippen molar-refractivity contribution < 1.29 is 28.6 Å². The molecule has 0 aromatic rings.